The van der Waals surface area contributed by atoms with Crippen LogP contribution < -0.4 is 4.74 Å². The summed E-state index contributed by atoms with van der Waals surface area (Å²) in [6, 6.07) is 8.25. The van der Waals surface area contributed by atoms with Crippen molar-refractivity contribution in [2.24, 2.45) is 0 Å². The first-order chi connectivity index (χ1) is 8.84. The maximum absolute atomic E-state index is 5.78. The normalized spacial score (nSPS) is 10.6. The Balaban J connectivity index is 1.94. The van der Waals surface area contributed by atoms with E-state index >= 15 is 0 Å². The van der Waals surface area contributed by atoms with Gasteiger partial charge in [-0.25, -0.2) is 0 Å². The molecule has 0 unspecified atom stereocenters. The quantitative estimate of drug-likeness (QED) is 0.496. The van der Waals surface area contributed by atoms with E-state index in [1.54, 1.807) is 0 Å². The molecule has 1 aromatic carbocycles. The summed E-state index contributed by atoms with van der Waals surface area (Å²) in [7, 11) is 0. The van der Waals surface area contributed by atoms with Crippen molar-refractivity contribution in [3.8, 4) is 5.75 Å². The van der Waals surface area contributed by atoms with Crippen molar-refractivity contribution in [1.82, 2.24) is 0 Å². The predicted octanol–water partition coefficient (Wildman–Crippen LogP) is 5.51. The van der Waals surface area contributed by atoms with E-state index in [4.69, 9.17) is 4.74 Å². The second-order valence-corrected chi connectivity index (χ2v) is 5.09. The van der Waals surface area contributed by atoms with Gasteiger partial charge in [-0.1, -0.05) is 70.1 Å². The van der Waals surface area contributed by atoms with Crippen molar-refractivity contribution in [3.63, 3.8) is 0 Å². The molecule has 1 nitrogen and oxygen atoms in total. The van der Waals surface area contributed by atoms with Gasteiger partial charge in [0.2, 0.25) is 0 Å². The lowest BCUT2D eigenvalue weighted by molar-refractivity contribution is 0.302. The lowest BCUT2D eigenvalue weighted by Gasteiger charge is -2.08. The average Bonchev–Trinajstić information content (AvgIpc) is 2.39. The van der Waals surface area contributed by atoms with Gasteiger partial charge in [-0.05, 0) is 25.0 Å². The summed E-state index contributed by atoms with van der Waals surface area (Å²) < 4.78 is 5.78. The first-order valence-electron chi connectivity index (χ1n) is 7.53. The van der Waals surface area contributed by atoms with E-state index in [1.807, 2.05) is 6.07 Å². The molecule has 0 aliphatic heterocycles. The molecule has 1 aromatic rings. The minimum absolute atomic E-state index is 0.861. The SMILES string of the molecule is CCCCCCCCCCOc1ccccc1C. The number of para-hydroxylation sites is 1. The van der Waals surface area contributed by atoms with Crippen LogP contribution >= 0.6 is 0 Å². The van der Waals surface area contributed by atoms with E-state index in [-0.39, 0.29) is 0 Å². The molecule has 0 bridgehead atoms. The van der Waals surface area contributed by atoms with E-state index in [2.05, 4.69) is 32.0 Å². The monoisotopic (exact) mass is 248 g/mol. The van der Waals surface area contributed by atoms with Crippen LogP contribution in [-0.2, 0) is 0 Å². The van der Waals surface area contributed by atoms with Gasteiger partial charge < -0.3 is 4.74 Å². The number of hydrogen-bond acceptors (Lipinski definition) is 1. The maximum Gasteiger partial charge on any atom is 0.122 e. The molecule has 0 spiro atoms. The molecule has 1 heteroatoms. The summed E-state index contributed by atoms with van der Waals surface area (Å²) in [6.45, 7) is 5.23. The van der Waals surface area contributed by atoms with Gasteiger partial charge in [0.25, 0.3) is 0 Å². The van der Waals surface area contributed by atoms with Gasteiger partial charge in [0.15, 0.2) is 0 Å². The van der Waals surface area contributed by atoms with Crippen LogP contribution in [0.1, 0.15) is 63.9 Å². The first kappa shape index (κ1) is 15.1. The molecule has 0 atom stereocenters. The molecule has 0 heterocycles. The second kappa shape index (κ2) is 9.99. The number of hydrogen-bond donors (Lipinski definition) is 0. The molecule has 0 fully saturated rings. The Kier molecular flexibility index (Phi) is 8.37. The van der Waals surface area contributed by atoms with Gasteiger partial charge in [-0.2, -0.15) is 0 Å². The van der Waals surface area contributed by atoms with Crippen LogP contribution in [-0.4, -0.2) is 6.61 Å². The maximum atomic E-state index is 5.78. The summed E-state index contributed by atoms with van der Waals surface area (Å²) >= 11 is 0. The Morgan fingerprint density at radius 3 is 2.11 bits per heavy atom. The van der Waals surface area contributed by atoms with Crippen molar-refractivity contribution in [2.45, 2.75) is 65.2 Å². The first-order valence-corrected chi connectivity index (χ1v) is 7.53. The van der Waals surface area contributed by atoms with E-state index in [0.717, 1.165) is 12.4 Å². The minimum atomic E-state index is 0.861. The zero-order valence-corrected chi connectivity index (χ0v) is 12.1. The molecule has 0 aromatic heterocycles. The highest BCUT2D eigenvalue weighted by atomic mass is 16.5. The molecular formula is C17H28O. The number of unbranched alkanes of at least 4 members (excludes halogenated alkanes) is 7. The van der Waals surface area contributed by atoms with E-state index in [1.165, 1.54) is 56.9 Å². The van der Waals surface area contributed by atoms with Crippen molar-refractivity contribution < 1.29 is 4.74 Å². The highest BCUT2D eigenvalue weighted by Gasteiger charge is 1.97. The van der Waals surface area contributed by atoms with Gasteiger partial charge in [0, 0.05) is 0 Å². The van der Waals surface area contributed by atoms with Crippen LogP contribution in [0.25, 0.3) is 0 Å². The van der Waals surface area contributed by atoms with E-state index < -0.39 is 0 Å². The number of aryl methyl sites for hydroxylation is 1. The van der Waals surface area contributed by atoms with Gasteiger partial charge in [0.1, 0.15) is 5.75 Å². The van der Waals surface area contributed by atoms with Crippen LogP contribution in [0.3, 0.4) is 0 Å². The van der Waals surface area contributed by atoms with Gasteiger partial charge in [0.05, 0.1) is 6.61 Å². The molecule has 0 amide bonds. The van der Waals surface area contributed by atoms with Crippen LogP contribution in [0.15, 0.2) is 24.3 Å². The van der Waals surface area contributed by atoms with Crippen molar-refractivity contribution in [2.75, 3.05) is 6.61 Å². The topological polar surface area (TPSA) is 9.23 Å². The Bertz CT molecular complexity index is 306. The lowest BCUT2D eigenvalue weighted by atomic mass is 10.1. The summed E-state index contributed by atoms with van der Waals surface area (Å²) in [5, 5.41) is 0. The smallest absolute Gasteiger partial charge is 0.122 e. The van der Waals surface area contributed by atoms with Crippen molar-refractivity contribution in [1.29, 1.82) is 0 Å². The van der Waals surface area contributed by atoms with Gasteiger partial charge in [-0.3, -0.25) is 0 Å². The Hall–Kier alpha value is -0.980. The highest BCUT2D eigenvalue weighted by molar-refractivity contribution is 5.31. The van der Waals surface area contributed by atoms with Crippen LogP contribution in [0.5, 0.6) is 5.75 Å². The molecule has 1 rings (SSSR count). The number of benzene rings is 1. The molecule has 0 aliphatic rings. The average molecular weight is 248 g/mol. The fourth-order valence-corrected chi connectivity index (χ4v) is 2.14. The molecule has 0 saturated heterocycles. The molecule has 0 radical (unpaired) electrons. The minimum Gasteiger partial charge on any atom is -0.493 e. The van der Waals surface area contributed by atoms with E-state index in [9.17, 15) is 0 Å². The summed E-state index contributed by atoms with van der Waals surface area (Å²) in [6.07, 6.45) is 10.8. The highest BCUT2D eigenvalue weighted by Crippen LogP contribution is 2.16. The third-order valence-corrected chi connectivity index (χ3v) is 3.35. The summed E-state index contributed by atoms with van der Waals surface area (Å²) in [5.41, 5.74) is 1.23. The van der Waals surface area contributed by atoms with Gasteiger partial charge in [-0.15, -0.1) is 0 Å². The summed E-state index contributed by atoms with van der Waals surface area (Å²) in [5.74, 6) is 1.04. The fourth-order valence-electron chi connectivity index (χ4n) is 2.14. The van der Waals surface area contributed by atoms with Crippen LogP contribution in [0.4, 0.5) is 0 Å². The molecule has 0 N–H and O–H groups in total. The Morgan fingerprint density at radius 2 is 1.44 bits per heavy atom. The predicted molar refractivity (Wildman–Crippen MR) is 79.3 cm³/mol. The molecule has 0 saturated carbocycles. The molecule has 0 aliphatic carbocycles. The molecular weight excluding hydrogens is 220 g/mol. The third kappa shape index (κ3) is 6.68. The molecule has 18 heavy (non-hydrogen) atoms. The van der Waals surface area contributed by atoms with Crippen LogP contribution in [0.2, 0.25) is 0 Å². The van der Waals surface area contributed by atoms with Crippen molar-refractivity contribution >= 4 is 0 Å². The van der Waals surface area contributed by atoms with Gasteiger partial charge >= 0.3 is 0 Å². The van der Waals surface area contributed by atoms with E-state index in [0.29, 0.717) is 0 Å². The summed E-state index contributed by atoms with van der Waals surface area (Å²) in [4.78, 5) is 0. The standard InChI is InChI=1S/C17H28O/c1-3-4-5-6-7-8-9-12-15-18-17-14-11-10-13-16(17)2/h10-11,13-14H,3-9,12,15H2,1-2H3. The third-order valence-electron chi connectivity index (χ3n) is 3.35. The Morgan fingerprint density at radius 1 is 0.833 bits per heavy atom. The zero-order chi connectivity index (χ0) is 13.1. The van der Waals surface area contributed by atoms with Crippen molar-refractivity contribution in [3.05, 3.63) is 29.8 Å². The number of rotatable bonds is 10. The zero-order valence-electron chi connectivity index (χ0n) is 12.1. The fraction of sp³-hybridized carbons (Fsp3) is 0.647. The largest absolute Gasteiger partial charge is 0.493 e. The number of ether oxygens (including phenoxy) is 1. The lowest BCUT2D eigenvalue weighted by Crippen LogP contribution is -1.98. The second-order valence-electron chi connectivity index (χ2n) is 5.09. The van der Waals surface area contributed by atoms with Crippen LogP contribution in [0, 0.1) is 6.92 Å². The molecule has 102 valence electrons. The Labute approximate surface area is 113 Å².